The first-order valence-electron chi connectivity index (χ1n) is 6.01. The molecule has 1 amide bonds. The zero-order valence-corrected chi connectivity index (χ0v) is 13.4. The molecule has 0 aliphatic rings. The molecule has 0 fully saturated rings. The number of nitrogens with zero attached hydrogens (tertiary/aromatic N) is 1. The topological polar surface area (TPSA) is 98.3 Å². The molecule has 0 atom stereocenters. The molecule has 0 aliphatic heterocycles. The molecule has 0 unspecified atom stereocenters. The van der Waals surface area contributed by atoms with E-state index in [2.05, 4.69) is 21.2 Å². The zero-order valence-electron chi connectivity index (χ0n) is 11.9. The predicted molar refractivity (Wildman–Crippen MR) is 81.5 cm³/mol. The molecule has 0 heterocycles. The van der Waals surface area contributed by atoms with Crippen LogP contribution in [-0.4, -0.2) is 16.4 Å². The first-order valence-corrected chi connectivity index (χ1v) is 6.80. The van der Waals surface area contributed by atoms with Gasteiger partial charge in [-0.3, -0.25) is 14.9 Å². The van der Waals surface area contributed by atoms with Gasteiger partial charge in [0, 0.05) is 17.3 Å². The van der Waals surface area contributed by atoms with Gasteiger partial charge in [-0.05, 0) is 55.8 Å². The molecule has 1 aromatic carbocycles. The fourth-order valence-electron chi connectivity index (χ4n) is 1.31. The van der Waals surface area contributed by atoms with E-state index >= 15 is 0 Å². The summed E-state index contributed by atoms with van der Waals surface area (Å²) in [5.74, 6) is -0.290. The Morgan fingerprint density at radius 2 is 1.90 bits per heavy atom. The van der Waals surface area contributed by atoms with Crippen LogP contribution < -0.4 is 11.1 Å². The van der Waals surface area contributed by atoms with E-state index in [0.717, 1.165) is 0 Å². The number of nitro groups is 1. The molecule has 6 nitrogen and oxygen atoms in total. The van der Waals surface area contributed by atoms with Crippen molar-refractivity contribution < 1.29 is 9.72 Å². The largest absolute Gasteiger partial charge is 0.325 e. The third kappa shape index (κ3) is 3.34. The van der Waals surface area contributed by atoms with E-state index in [4.69, 9.17) is 5.73 Å². The number of carbonyl (C=O) groups is 1. The summed E-state index contributed by atoms with van der Waals surface area (Å²) < 4.78 is 0.360. The van der Waals surface area contributed by atoms with Crippen molar-refractivity contribution >= 4 is 33.2 Å². The van der Waals surface area contributed by atoms with E-state index < -0.39 is 15.9 Å². The summed E-state index contributed by atoms with van der Waals surface area (Å²) in [6.07, 6.45) is 0. The normalized spacial score (nSPS) is 12.1. The van der Waals surface area contributed by atoms with Gasteiger partial charge in [0.15, 0.2) is 0 Å². The number of amides is 1. The average molecular weight is 344 g/mol. The van der Waals surface area contributed by atoms with E-state index in [0.29, 0.717) is 10.2 Å². The maximum absolute atomic E-state index is 12.3. The van der Waals surface area contributed by atoms with Crippen LogP contribution in [0.1, 0.15) is 27.7 Å². The Morgan fingerprint density at radius 1 is 1.35 bits per heavy atom. The summed E-state index contributed by atoms with van der Waals surface area (Å²) in [5, 5.41) is 13.5. The first kappa shape index (κ1) is 16.6. The van der Waals surface area contributed by atoms with Crippen molar-refractivity contribution in [1.29, 1.82) is 0 Å². The molecular weight excluding hydrogens is 326 g/mol. The molecule has 110 valence electrons. The molecule has 1 rings (SSSR count). The van der Waals surface area contributed by atoms with E-state index in [1.165, 1.54) is 12.1 Å². The van der Waals surface area contributed by atoms with Gasteiger partial charge in [-0.15, -0.1) is 0 Å². The van der Waals surface area contributed by atoms with Crippen molar-refractivity contribution in [2.24, 2.45) is 11.1 Å². The molecule has 0 bridgehead atoms. The number of rotatable bonds is 4. The van der Waals surface area contributed by atoms with Crippen LogP contribution in [0.25, 0.3) is 0 Å². The van der Waals surface area contributed by atoms with Gasteiger partial charge in [-0.25, -0.2) is 0 Å². The lowest BCUT2D eigenvalue weighted by molar-refractivity contribution is -0.385. The van der Waals surface area contributed by atoms with Crippen molar-refractivity contribution in [1.82, 2.24) is 0 Å². The third-order valence-corrected chi connectivity index (χ3v) is 4.25. The summed E-state index contributed by atoms with van der Waals surface area (Å²) in [6.45, 7) is 6.98. The van der Waals surface area contributed by atoms with Gasteiger partial charge in [0.2, 0.25) is 5.91 Å². The average Bonchev–Trinajstić information content (AvgIpc) is 2.29. The van der Waals surface area contributed by atoms with E-state index in [9.17, 15) is 14.9 Å². The standard InChI is InChI=1S/C13H18BrN3O3/c1-12(2,13(3,4)15)11(18)16-8-5-6-9(14)10(7-8)17(19)20/h5-7H,15H2,1-4H3,(H,16,18). The fourth-order valence-corrected chi connectivity index (χ4v) is 1.70. The summed E-state index contributed by atoms with van der Waals surface area (Å²) in [7, 11) is 0. The Labute approximate surface area is 126 Å². The second kappa shape index (κ2) is 5.49. The lowest BCUT2D eigenvalue weighted by Crippen LogP contribution is -2.53. The molecule has 7 heteroatoms. The molecule has 3 N–H and O–H groups in total. The molecular formula is C13H18BrN3O3. The van der Waals surface area contributed by atoms with Gasteiger partial charge in [-0.2, -0.15) is 0 Å². The highest BCUT2D eigenvalue weighted by molar-refractivity contribution is 9.10. The molecule has 0 saturated carbocycles. The molecule has 0 aromatic heterocycles. The van der Waals surface area contributed by atoms with Crippen LogP contribution in [0.2, 0.25) is 0 Å². The first-order chi connectivity index (χ1) is 8.96. The lowest BCUT2D eigenvalue weighted by atomic mass is 9.74. The second-order valence-corrected chi connectivity index (χ2v) is 6.58. The SMILES string of the molecule is CC(C)(N)C(C)(C)C(=O)Nc1ccc(Br)c([N+](=O)[O-])c1. The smallest absolute Gasteiger partial charge is 0.285 e. The molecule has 1 aromatic rings. The lowest BCUT2D eigenvalue weighted by Gasteiger charge is -2.36. The monoisotopic (exact) mass is 343 g/mol. The number of hydrogen-bond acceptors (Lipinski definition) is 4. The predicted octanol–water partition coefficient (Wildman–Crippen LogP) is 3.06. The van der Waals surface area contributed by atoms with Crippen LogP contribution in [-0.2, 0) is 4.79 Å². The van der Waals surface area contributed by atoms with Gasteiger partial charge >= 0.3 is 0 Å². The van der Waals surface area contributed by atoms with Gasteiger partial charge < -0.3 is 11.1 Å². The van der Waals surface area contributed by atoms with Crippen LogP contribution in [0, 0.1) is 15.5 Å². The summed E-state index contributed by atoms with van der Waals surface area (Å²) in [4.78, 5) is 22.6. The van der Waals surface area contributed by atoms with Crippen LogP contribution in [0.3, 0.4) is 0 Å². The Morgan fingerprint density at radius 3 is 2.35 bits per heavy atom. The van der Waals surface area contributed by atoms with Gasteiger partial charge in [0.25, 0.3) is 5.69 Å². The quantitative estimate of drug-likeness (QED) is 0.648. The Kier molecular flexibility index (Phi) is 4.55. The highest BCUT2D eigenvalue weighted by Gasteiger charge is 2.40. The molecule has 20 heavy (non-hydrogen) atoms. The van der Waals surface area contributed by atoms with Crippen LogP contribution in [0.5, 0.6) is 0 Å². The number of anilines is 1. The summed E-state index contributed by atoms with van der Waals surface area (Å²) in [6, 6.07) is 4.42. The van der Waals surface area contributed by atoms with Gasteiger partial charge in [0.05, 0.1) is 14.8 Å². The second-order valence-electron chi connectivity index (χ2n) is 5.72. The minimum absolute atomic E-state index is 0.104. The van der Waals surface area contributed by atoms with Crippen LogP contribution >= 0.6 is 15.9 Å². The van der Waals surface area contributed by atoms with Crippen LogP contribution in [0.15, 0.2) is 22.7 Å². The van der Waals surface area contributed by atoms with E-state index in [1.54, 1.807) is 33.8 Å². The number of carbonyl (C=O) groups excluding carboxylic acids is 1. The molecule has 0 saturated heterocycles. The molecule has 0 radical (unpaired) electrons. The Balaban J connectivity index is 3.03. The zero-order chi connectivity index (χ0) is 15.7. The summed E-state index contributed by atoms with van der Waals surface area (Å²) >= 11 is 3.09. The maximum atomic E-state index is 12.3. The summed E-state index contributed by atoms with van der Waals surface area (Å²) in [5.41, 5.74) is 4.70. The number of halogens is 1. The van der Waals surface area contributed by atoms with Gasteiger partial charge in [-0.1, -0.05) is 0 Å². The molecule has 0 aliphatic carbocycles. The minimum atomic E-state index is -0.825. The van der Waals surface area contributed by atoms with Crippen LogP contribution in [0.4, 0.5) is 11.4 Å². The number of nitrogens with one attached hydrogen (secondary N) is 1. The molecule has 0 spiro atoms. The highest BCUT2D eigenvalue weighted by atomic mass is 79.9. The fraction of sp³-hybridized carbons (Fsp3) is 0.462. The van der Waals surface area contributed by atoms with Gasteiger partial charge in [0.1, 0.15) is 0 Å². The van der Waals surface area contributed by atoms with Crippen molar-refractivity contribution in [2.45, 2.75) is 33.2 Å². The van der Waals surface area contributed by atoms with Crippen molar-refractivity contribution in [3.8, 4) is 0 Å². The van der Waals surface area contributed by atoms with E-state index in [1.807, 2.05) is 0 Å². The van der Waals surface area contributed by atoms with Crippen molar-refractivity contribution in [3.05, 3.63) is 32.8 Å². The van der Waals surface area contributed by atoms with E-state index in [-0.39, 0.29) is 11.6 Å². The number of hydrogen-bond donors (Lipinski definition) is 2. The minimum Gasteiger partial charge on any atom is -0.325 e. The van der Waals surface area contributed by atoms with Crippen molar-refractivity contribution in [2.75, 3.05) is 5.32 Å². The number of nitro benzene ring substituents is 1. The number of benzene rings is 1. The van der Waals surface area contributed by atoms with Crippen molar-refractivity contribution in [3.63, 3.8) is 0 Å². The third-order valence-electron chi connectivity index (χ3n) is 3.58. The maximum Gasteiger partial charge on any atom is 0.285 e. The number of nitrogens with two attached hydrogens (primary N) is 1. The highest BCUT2D eigenvalue weighted by Crippen LogP contribution is 2.32. The Hall–Kier alpha value is -1.47. The Bertz CT molecular complexity index is 550.